The predicted molar refractivity (Wildman–Crippen MR) is 108 cm³/mol. The first-order chi connectivity index (χ1) is 13.1. The van der Waals surface area contributed by atoms with E-state index in [1.54, 1.807) is 0 Å². The Hall–Kier alpha value is -2.66. The van der Waals surface area contributed by atoms with Crippen molar-refractivity contribution in [1.29, 1.82) is 0 Å². The van der Waals surface area contributed by atoms with E-state index < -0.39 is 0 Å². The summed E-state index contributed by atoms with van der Waals surface area (Å²) in [5.41, 5.74) is 5.07. The van der Waals surface area contributed by atoms with E-state index in [0.717, 1.165) is 31.7 Å². The van der Waals surface area contributed by atoms with E-state index >= 15 is 0 Å². The fourth-order valence-corrected chi connectivity index (χ4v) is 3.69. The van der Waals surface area contributed by atoms with Gasteiger partial charge in [-0.3, -0.25) is 4.90 Å². The summed E-state index contributed by atoms with van der Waals surface area (Å²) in [6, 6.07) is 16.6. The Bertz CT molecular complexity index is 898. The Balaban J connectivity index is 1.42. The van der Waals surface area contributed by atoms with Gasteiger partial charge in [-0.25, -0.2) is 0 Å². The van der Waals surface area contributed by atoms with E-state index in [2.05, 4.69) is 58.9 Å². The van der Waals surface area contributed by atoms with E-state index in [1.165, 1.54) is 16.8 Å². The second-order valence-electron chi connectivity index (χ2n) is 7.24. The topological polar surface area (TPSA) is 45.4 Å². The third kappa shape index (κ3) is 3.60. The SMILES string of the molecule is Cc1cccc(N2CCN(C(C)c3nc(-c4ccccc4)no3)CC2)c1C. The van der Waals surface area contributed by atoms with Gasteiger partial charge in [-0.15, -0.1) is 0 Å². The maximum Gasteiger partial charge on any atom is 0.244 e. The highest BCUT2D eigenvalue weighted by atomic mass is 16.5. The van der Waals surface area contributed by atoms with E-state index in [4.69, 9.17) is 4.52 Å². The molecule has 3 aromatic rings. The van der Waals surface area contributed by atoms with Crippen LogP contribution in [0.15, 0.2) is 53.1 Å². The van der Waals surface area contributed by atoms with Gasteiger partial charge >= 0.3 is 0 Å². The maximum absolute atomic E-state index is 5.56. The summed E-state index contributed by atoms with van der Waals surface area (Å²) < 4.78 is 5.56. The van der Waals surface area contributed by atoms with E-state index in [-0.39, 0.29) is 6.04 Å². The Morgan fingerprint density at radius 1 is 0.926 bits per heavy atom. The molecular formula is C22H26N4O. The molecule has 1 aliphatic rings. The fraction of sp³-hybridized carbons (Fsp3) is 0.364. The number of benzene rings is 2. The highest BCUT2D eigenvalue weighted by Gasteiger charge is 2.26. The summed E-state index contributed by atoms with van der Waals surface area (Å²) in [6.07, 6.45) is 0. The van der Waals surface area contributed by atoms with Crippen molar-refractivity contribution in [3.63, 3.8) is 0 Å². The summed E-state index contributed by atoms with van der Waals surface area (Å²) in [6.45, 7) is 10.5. The van der Waals surface area contributed by atoms with Crippen molar-refractivity contribution >= 4 is 5.69 Å². The number of hydrogen-bond acceptors (Lipinski definition) is 5. The molecule has 1 fully saturated rings. The van der Waals surface area contributed by atoms with Crippen LogP contribution >= 0.6 is 0 Å². The maximum atomic E-state index is 5.56. The predicted octanol–water partition coefficient (Wildman–Crippen LogP) is 4.24. The average molecular weight is 362 g/mol. The molecule has 140 valence electrons. The van der Waals surface area contributed by atoms with Gasteiger partial charge in [-0.2, -0.15) is 4.98 Å². The van der Waals surface area contributed by atoms with Crippen LogP contribution in [0.5, 0.6) is 0 Å². The van der Waals surface area contributed by atoms with Gasteiger partial charge in [-0.05, 0) is 38.0 Å². The molecule has 0 spiro atoms. The molecule has 2 heterocycles. The van der Waals surface area contributed by atoms with Crippen LogP contribution in [0.3, 0.4) is 0 Å². The molecule has 1 saturated heterocycles. The van der Waals surface area contributed by atoms with Gasteiger partial charge < -0.3 is 9.42 Å². The third-order valence-electron chi connectivity index (χ3n) is 5.61. The zero-order valence-electron chi connectivity index (χ0n) is 16.2. The van der Waals surface area contributed by atoms with Gasteiger partial charge in [0.1, 0.15) is 0 Å². The van der Waals surface area contributed by atoms with Crippen LogP contribution < -0.4 is 4.90 Å². The number of aromatic nitrogens is 2. The van der Waals surface area contributed by atoms with Crippen LogP contribution in [0.25, 0.3) is 11.4 Å². The van der Waals surface area contributed by atoms with E-state index in [0.29, 0.717) is 11.7 Å². The molecule has 4 rings (SSSR count). The lowest BCUT2D eigenvalue weighted by Gasteiger charge is -2.38. The first-order valence-electron chi connectivity index (χ1n) is 9.57. The Labute approximate surface area is 160 Å². The molecule has 1 atom stereocenters. The minimum Gasteiger partial charge on any atom is -0.369 e. The Kier molecular flexibility index (Phi) is 4.94. The van der Waals surface area contributed by atoms with E-state index in [9.17, 15) is 0 Å². The molecule has 1 aromatic heterocycles. The lowest BCUT2D eigenvalue weighted by atomic mass is 10.1. The minimum absolute atomic E-state index is 0.121. The highest BCUT2D eigenvalue weighted by Crippen LogP contribution is 2.27. The molecule has 0 saturated carbocycles. The van der Waals surface area contributed by atoms with Crippen molar-refractivity contribution in [3.05, 3.63) is 65.5 Å². The summed E-state index contributed by atoms with van der Waals surface area (Å²) in [4.78, 5) is 9.53. The lowest BCUT2D eigenvalue weighted by molar-refractivity contribution is 0.164. The molecule has 0 N–H and O–H groups in total. The van der Waals surface area contributed by atoms with Gasteiger partial charge in [-0.1, -0.05) is 47.6 Å². The molecule has 0 bridgehead atoms. The molecule has 1 aliphatic heterocycles. The Morgan fingerprint density at radius 3 is 2.41 bits per heavy atom. The summed E-state index contributed by atoms with van der Waals surface area (Å²) in [5, 5.41) is 4.16. The summed E-state index contributed by atoms with van der Waals surface area (Å²) >= 11 is 0. The van der Waals surface area contributed by atoms with Crippen LogP contribution in [-0.2, 0) is 0 Å². The van der Waals surface area contributed by atoms with Crippen molar-refractivity contribution < 1.29 is 4.52 Å². The third-order valence-corrected chi connectivity index (χ3v) is 5.61. The molecule has 0 aliphatic carbocycles. The molecule has 5 heteroatoms. The standard InChI is InChI=1S/C22H26N4O/c1-16-8-7-11-20(17(16)2)26-14-12-25(13-15-26)18(3)22-23-21(24-27-22)19-9-5-4-6-10-19/h4-11,18H,12-15H2,1-3H3. The Morgan fingerprint density at radius 2 is 1.67 bits per heavy atom. The number of hydrogen-bond donors (Lipinski definition) is 0. The molecular weight excluding hydrogens is 336 g/mol. The molecule has 5 nitrogen and oxygen atoms in total. The molecule has 0 radical (unpaired) electrons. The van der Waals surface area contributed by atoms with Crippen molar-refractivity contribution in [2.45, 2.75) is 26.8 Å². The quantitative estimate of drug-likeness (QED) is 0.695. The van der Waals surface area contributed by atoms with Crippen LogP contribution in [0.1, 0.15) is 30.0 Å². The number of nitrogens with zero attached hydrogens (tertiary/aromatic N) is 4. The first kappa shape index (κ1) is 17.7. The van der Waals surface area contributed by atoms with Crippen molar-refractivity contribution in [2.75, 3.05) is 31.1 Å². The monoisotopic (exact) mass is 362 g/mol. The van der Waals surface area contributed by atoms with Gasteiger partial charge in [0.15, 0.2) is 0 Å². The number of piperazine rings is 1. The molecule has 1 unspecified atom stereocenters. The van der Waals surface area contributed by atoms with Gasteiger partial charge in [0.05, 0.1) is 6.04 Å². The first-order valence-corrected chi connectivity index (χ1v) is 9.57. The highest BCUT2D eigenvalue weighted by molar-refractivity contribution is 5.56. The minimum atomic E-state index is 0.121. The number of anilines is 1. The second-order valence-corrected chi connectivity index (χ2v) is 7.24. The van der Waals surface area contributed by atoms with Gasteiger partial charge in [0.25, 0.3) is 0 Å². The zero-order valence-corrected chi connectivity index (χ0v) is 16.2. The number of aryl methyl sites for hydroxylation is 1. The van der Waals surface area contributed by atoms with Crippen LogP contribution in [-0.4, -0.2) is 41.2 Å². The van der Waals surface area contributed by atoms with Gasteiger partial charge in [0.2, 0.25) is 11.7 Å². The zero-order chi connectivity index (χ0) is 18.8. The summed E-state index contributed by atoms with van der Waals surface area (Å²) in [5.74, 6) is 1.35. The van der Waals surface area contributed by atoms with E-state index in [1.807, 2.05) is 30.3 Å². The van der Waals surface area contributed by atoms with Gasteiger partial charge in [0, 0.05) is 37.4 Å². The number of rotatable bonds is 4. The molecule has 2 aromatic carbocycles. The lowest BCUT2D eigenvalue weighted by Crippen LogP contribution is -2.47. The van der Waals surface area contributed by atoms with Crippen molar-refractivity contribution in [3.8, 4) is 11.4 Å². The van der Waals surface area contributed by atoms with Crippen LogP contribution in [0, 0.1) is 13.8 Å². The average Bonchev–Trinajstić information content (AvgIpc) is 3.21. The molecule has 0 amide bonds. The van der Waals surface area contributed by atoms with Crippen molar-refractivity contribution in [1.82, 2.24) is 15.0 Å². The fourth-order valence-electron chi connectivity index (χ4n) is 3.69. The van der Waals surface area contributed by atoms with Crippen LogP contribution in [0.4, 0.5) is 5.69 Å². The normalized spacial score (nSPS) is 16.5. The second kappa shape index (κ2) is 7.53. The smallest absolute Gasteiger partial charge is 0.244 e. The summed E-state index contributed by atoms with van der Waals surface area (Å²) in [7, 11) is 0. The van der Waals surface area contributed by atoms with Crippen molar-refractivity contribution in [2.24, 2.45) is 0 Å². The largest absolute Gasteiger partial charge is 0.369 e. The van der Waals surface area contributed by atoms with Crippen LogP contribution in [0.2, 0.25) is 0 Å². The molecule has 27 heavy (non-hydrogen) atoms.